The molecule has 5 fully saturated rings. The largest absolute Gasteiger partial charge is 0.394 e. The Morgan fingerprint density at radius 3 is 1.03 bits per heavy atom. The van der Waals surface area contributed by atoms with Crippen LogP contribution in [0.4, 0.5) is 0 Å². The van der Waals surface area contributed by atoms with Crippen molar-refractivity contribution >= 4 is 0 Å². The first-order valence-corrected chi connectivity index (χ1v) is 18.4. The second kappa shape index (κ2) is 20.9. The summed E-state index contributed by atoms with van der Waals surface area (Å²) in [5.41, 5.74) is 0. The van der Waals surface area contributed by atoms with Crippen LogP contribution < -0.4 is 0 Å². The molecule has 5 heterocycles. The van der Waals surface area contributed by atoms with Gasteiger partial charge in [0, 0.05) is 14.2 Å². The predicted octanol–water partition coefficient (Wildman–Crippen LogP) is -10.6. The summed E-state index contributed by atoms with van der Waals surface area (Å²) in [6.45, 7) is -4.01. The fourth-order valence-corrected chi connectivity index (χ4v) is 7.48. The third-order valence-electron chi connectivity index (χ3n) is 10.8. The highest BCUT2D eigenvalue weighted by molar-refractivity contribution is 4.98. The zero-order valence-corrected chi connectivity index (χ0v) is 31.2. The fraction of sp³-hybridized carbons (Fsp3) is 1.00. The molecule has 58 heavy (non-hydrogen) atoms. The summed E-state index contributed by atoms with van der Waals surface area (Å²) in [4.78, 5) is 0. The SMILES string of the molecule is CO[C@@H]1C(CO)O[C@@H](O[C@H]2C(CO)O[C@H](OCC3O[C@@H](O[C@H]4C(CO)O[C@H](O)C(O)C4O)C(O)C(O)[C@H]3O[C@@H]3OC(CO)[C@@H](OC)C(O)C3O)C(O)C2O)C(O)C1O. The maximum atomic E-state index is 11.4. The zero-order chi connectivity index (χ0) is 42.7. The van der Waals surface area contributed by atoms with Gasteiger partial charge in [0.2, 0.25) is 0 Å². The molecule has 26 heteroatoms. The minimum atomic E-state index is -2.10. The molecule has 0 aromatic heterocycles. The van der Waals surface area contributed by atoms with E-state index in [0.29, 0.717) is 0 Å². The highest BCUT2D eigenvalue weighted by atomic mass is 16.8. The quantitative estimate of drug-likeness (QED) is 0.0727. The molecule has 5 rings (SSSR count). The topological polar surface area (TPSA) is 405 Å². The molecule has 15 N–H and O–H groups in total. The number of rotatable bonds is 15. The number of hydrogen-bond acceptors (Lipinski definition) is 26. The summed E-state index contributed by atoms with van der Waals surface area (Å²) in [6.07, 6.45) is -43.2. The van der Waals surface area contributed by atoms with E-state index in [1.165, 1.54) is 14.2 Å². The maximum absolute atomic E-state index is 11.4. The van der Waals surface area contributed by atoms with Gasteiger partial charge >= 0.3 is 0 Å². The first-order chi connectivity index (χ1) is 27.6. The van der Waals surface area contributed by atoms with Crippen molar-refractivity contribution in [2.24, 2.45) is 0 Å². The van der Waals surface area contributed by atoms with Gasteiger partial charge in [-0.3, -0.25) is 0 Å². The molecule has 0 amide bonds. The van der Waals surface area contributed by atoms with Crippen molar-refractivity contribution in [2.45, 2.75) is 154 Å². The second-order valence-corrected chi connectivity index (χ2v) is 14.4. The number of methoxy groups -OCH3 is 2. The fourth-order valence-electron chi connectivity index (χ4n) is 7.48. The van der Waals surface area contributed by atoms with Crippen molar-refractivity contribution in [3.63, 3.8) is 0 Å². The first-order valence-electron chi connectivity index (χ1n) is 18.4. The predicted molar refractivity (Wildman–Crippen MR) is 176 cm³/mol. The molecule has 26 nitrogen and oxygen atoms in total. The minimum absolute atomic E-state index is 0.677. The molecule has 25 atom stereocenters. The standard InChI is InChI=1S/C32H56O26/c1-48-23-8(3-33)53-30(20(44)14(23)38)57-26-11(6-36)52-29(19(43)16(26)40)50-7-12-27(58-31-21(45)15(39)24(49-2)9(4-34)54-31)17(41)22(46)32(55-12)56-25-10(5-35)51-28(47)18(42)13(25)37/h8-47H,3-7H2,1-2H3/t8?,9?,10?,11?,12?,13?,14?,15?,16?,17?,18?,19?,20?,21?,22?,23-,24-,25+,26+,27+,28+,29+,30+,31+,32+/m1/s1. The molecule has 340 valence electrons. The van der Waals surface area contributed by atoms with Crippen LogP contribution in [0, 0.1) is 0 Å². The second-order valence-electron chi connectivity index (χ2n) is 14.4. The van der Waals surface area contributed by atoms with Gasteiger partial charge in [-0.1, -0.05) is 0 Å². The van der Waals surface area contributed by atoms with E-state index in [4.69, 9.17) is 52.1 Å². The maximum Gasteiger partial charge on any atom is 0.187 e. The molecule has 0 aliphatic carbocycles. The summed E-state index contributed by atoms with van der Waals surface area (Å²) >= 11 is 0. The van der Waals surface area contributed by atoms with E-state index in [-0.39, 0.29) is 0 Å². The highest BCUT2D eigenvalue weighted by Crippen LogP contribution is 2.35. The average molecular weight is 857 g/mol. The number of aliphatic hydroxyl groups excluding tert-OH is 15. The summed E-state index contributed by atoms with van der Waals surface area (Å²) in [5, 5.41) is 158. The van der Waals surface area contributed by atoms with Crippen LogP contribution >= 0.6 is 0 Å². The Morgan fingerprint density at radius 2 is 0.638 bits per heavy atom. The van der Waals surface area contributed by atoms with Gasteiger partial charge in [0.25, 0.3) is 0 Å². The molecule has 5 aliphatic rings. The van der Waals surface area contributed by atoms with E-state index in [0.717, 1.165) is 0 Å². The number of hydrogen-bond donors (Lipinski definition) is 15. The summed E-state index contributed by atoms with van der Waals surface area (Å²) in [6, 6.07) is 0. The van der Waals surface area contributed by atoms with Gasteiger partial charge in [-0.05, 0) is 0 Å². The Morgan fingerprint density at radius 1 is 0.345 bits per heavy atom. The van der Waals surface area contributed by atoms with E-state index in [1.807, 2.05) is 0 Å². The Labute approximate surface area is 329 Å². The summed E-state index contributed by atoms with van der Waals surface area (Å²) in [7, 11) is 2.38. The Bertz CT molecular complexity index is 1230. The van der Waals surface area contributed by atoms with Crippen LogP contribution in [-0.4, -0.2) is 277 Å². The molecular weight excluding hydrogens is 800 g/mol. The highest BCUT2D eigenvalue weighted by Gasteiger charge is 2.55. The molecular formula is C32H56O26. The van der Waals surface area contributed by atoms with Crippen molar-refractivity contribution < 1.29 is 129 Å². The van der Waals surface area contributed by atoms with Gasteiger partial charge in [-0.25, -0.2) is 0 Å². The lowest BCUT2D eigenvalue weighted by Crippen LogP contribution is -2.67. The van der Waals surface area contributed by atoms with E-state index >= 15 is 0 Å². The first kappa shape index (κ1) is 48.0. The molecule has 0 spiro atoms. The molecule has 0 aromatic carbocycles. The molecule has 0 radical (unpaired) electrons. The van der Waals surface area contributed by atoms with Crippen LogP contribution in [0.5, 0.6) is 0 Å². The van der Waals surface area contributed by atoms with Crippen molar-refractivity contribution in [2.75, 3.05) is 47.3 Å². The van der Waals surface area contributed by atoms with Gasteiger partial charge in [0.05, 0.1) is 33.0 Å². The zero-order valence-electron chi connectivity index (χ0n) is 31.2. The lowest BCUT2D eigenvalue weighted by atomic mass is 9.95. The van der Waals surface area contributed by atoms with Crippen LogP contribution in [0.2, 0.25) is 0 Å². The van der Waals surface area contributed by atoms with Crippen LogP contribution in [0.15, 0.2) is 0 Å². The van der Waals surface area contributed by atoms with Crippen molar-refractivity contribution in [1.29, 1.82) is 0 Å². The van der Waals surface area contributed by atoms with Crippen molar-refractivity contribution in [3.05, 3.63) is 0 Å². The molecule has 0 aromatic rings. The van der Waals surface area contributed by atoms with Crippen LogP contribution in [-0.2, 0) is 52.1 Å². The van der Waals surface area contributed by atoms with Gasteiger partial charge in [0.1, 0.15) is 122 Å². The Kier molecular flexibility index (Phi) is 17.3. The van der Waals surface area contributed by atoms with E-state index in [9.17, 15) is 76.6 Å². The van der Waals surface area contributed by atoms with Crippen molar-refractivity contribution in [1.82, 2.24) is 0 Å². The molecule has 15 unspecified atom stereocenters. The van der Waals surface area contributed by atoms with Gasteiger partial charge in [-0.15, -0.1) is 0 Å². The summed E-state index contributed by atoms with van der Waals surface area (Å²) < 4.78 is 60.7. The normalized spacial score (nSPS) is 51.8. The van der Waals surface area contributed by atoms with Crippen molar-refractivity contribution in [3.8, 4) is 0 Å². The molecule has 5 aliphatic heterocycles. The van der Waals surface area contributed by atoms with Crippen LogP contribution in [0.1, 0.15) is 0 Å². The smallest absolute Gasteiger partial charge is 0.187 e. The average Bonchev–Trinajstić information content (AvgIpc) is 3.22. The van der Waals surface area contributed by atoms with E-state index in [2.05, 4.69) is 0 Å². The lowest BCUT2D eigenvalue weighted by molar-refractivity contribution is -0.386. The van der Waals surface area contributed by atoms with Crippen LogP contribution in [0.25, 0.3) is 0 Å². The van der Waals surface area contributed by atoms with Gasteiger partial charge in [-0.2, -0.15) is 0 Å². The van der Waals surface area contributed by atoms with E-state index in [1.54, 1.807) is 0 Å². The Hall–Kier alpha value is -1.04. The third kappa shape index (κ3) is 9.77. The Balaban J connectivity index is 1.34. The van der Waals surface area contributed by atoms with Crippen LogP contribution in [0.3, 0.4) is 0 Å². The van der Waals surface area contributed by atoms with Gasteiger partial charge in [0.15, 0.2) is 31.5 Å². The molecule has 5 saturated heterocycles. The van der Waals surface area contributed by atoms with Gasteiger partial charge < -0.3 is 129 Å². The number of ether oxygens (including phenoxy) is 11. The van der Waals surface area contributed by atoms with E-state index < -0.39 is 187 Å². The minimum Gasteiger partial charge on any atom is -0.394 e. The lowest BCUT2D eigenvalue weighted by Gasteiger charge is -2.49. The monoisotopic (exact) mass is 856 g/mol. The third-order valence-corrected chi connectivity index (χ3v) is 10.8. The molecule has 0 saturated carbocycles. The number of aliphatic hydroxyl groups is 15. The molecule has 0 bridgehead atoms. The summed E-state index contributed by atoms with van der Waals surface area (Å²) in [5.74, 6) is 0.